The highest BCUT2D eigenvalue weighted by molar-refractivity contribution is 6.35. The number of halogens is 2. The Kier molecular flexibility index (Phi) is 5.15. The lowest BCUT2D eigenvalue weighted by Gasteiger charge is -2.21. The van der Waals surface area contributed by atoms with E-state index in [9.17, 15) is 4.79 Å². The van der Waals surface area contributed by atoms with E-state index in [-0.39, 0.29) is 5.91 Å². The molecule has 2 rings (SSSR count). The topological polar surface area (TPSA) is 20.3 Å². The zero-order chi connectivity index (χ0) is 16.4. The van der Waals surface area contributed by atoms with Crippen LogP contribution in [0.5, 0.6) is 0 Å². The number of carbonyl (C=O) groups excluding carboxylic acids is 1. The molecule has 0 spiro atoms. The Hall–Kier alpha value is -1.51. The molecule has 0 unspecified atom stereocenters. The van der Waals surface area contributed by atoms with E-state index in [1.807, 2.05) is 39.0 Å². The van der Waals surface area contributed by atoms with Gasteiger partial charge < -0.3 is 4.90 Å². The predicted molar refractivity (Wildman–Crippen MR) is 92.9 cm³/mol. The van der Waals surface area contributed by atoms with E-state index in [0.29, 0.717) is 16.6 Å². The van der Waals surface area contributed by atoms with Crippen LogP contribution in [0.1, 0.15) is 32.6 Å². The van der Waals surface area contributed by atoms with E-state index >= 15 is 0 Å². The fourth-order valence-electron chi connectivity index (χ4n) is 2.69. The lowest BCUT2D eigenvalue weighted by Crippen LogP contribution is -2.27. The molecule has 2 aromatic carbocycles. The van der Waals surface area contributed by atoms with Crippen molar-refractivity contribution in [2.75, 3.05) is 7.05 Å². The average molecular weight is 336 g/mol. The first kappa shape index (κ1) is 16.9. The Labute approximate surface area is 141 Å². The highest BCUT2D eigenvalue weighted by Gasteiger charge is 2.18. The highest BCUT2D eigenvalue weighted by atomic mass is 35.5. The normalized spacial score (nSPS) is 10.6. The summed E-state index contributed by atoms with van der Waals surface area (Å²) in [5.41, 5.74) is 4.80. The molecule has 0 N–H and O–H groups in total. The van der Waals surface area contributed by atoms with Gasteiger partial charge in [-0.1, -0.05) is 47.0 Å². The van der Waals surface area contributed by atoms with Gasteiger partial charge >= 0.3 is 0 Å². The third-order valence-electron chi connectivity index (χ3n) is 3.66. The summed E-state index contributed by atoms with van der Waals surface area (Å²) in [4.78, 5) is 14.4. The number of amides is 1. The van der Waals surface area contributed by atoms with Crippen molar-refractivity contribution < 1.29 is 4.79 Å². The molecular weight excluding hydrogens is 317 g/mol. The summed E-state index contributed by atoms with van der Waals surface area (Å²) < 4.78 is 0. The second-order valence-electron chi connectivity index (χ2n) is 5.67. The summed E-state index contributed by atoms with van der Waals surface area (Å²) in [6.07, 6.45) is 0. The molecule has 0 radical (unpaired) electrons. The van der Waals surface area contributed by atoms with E-state index < -0.39 is 0 Å². The van der Waals surface area contributed by atoms with Crippen LogP contribution < -0.4 is 0 Å². The summed E-state index contributed by atoms with van der Waals surface area (Å²) in [6.45, 7) is 6.42. The molecule has 116 valence electrons. The Balaban J connectivity index is 2.26. The number of nitrogens with zero attached hydrogens (tertiary/aromatic N) is 1. The van der Waals surface area contributed by atoms with Gasteiger partial charge in [0.15, 0.2) is 0 Å². The Morgan fingerprint density at radius 1 is 1.05 bits per heavy atom. The molecule has 0 aliphatic carbocycles. The van der Waals surface area contributed by atoms with Gasteiger partial charge in [-0.25, -0.2) is 0 Å². The summed E-state index contributed by atoms with van der Waals surface area (Å²) in [5.74, 6) is 0.000941. The molecule has 0 heterocycles. The molecule has 0 saturated carbocycles. The van der Waals surface area contributed by atoms with Crippen molar-refractivity contribution in [3.63, 3.8) is 0 Å². The van der Waals surface area contributed by atoms with Crippen LogP contribution in [0.3, 0.4) is 0 Å². The minimum atomic E-state index is 0.000941. The Morgan fingerprint density at radius 3 is 2.18 bits per heavy atom. The Bertz CT molecular complexity index is 702. The van der Waals surface area contributed by atoms with Gasteiger partial charge in [0.2, 0.25) is 0 Å². The summed E-state index contributed by atoms with van der Waals surface area (Å²) >= 11 is 12.1. The van der Waals surface area contributed by atoms with Crippen LogP contribution in [0, 0.1) is 20.8 Å². The Morgan fingerprint density at radius 2 is 1.64 bits per heavy atom. The van der Waals surface area contributed by atoms with E-state index in [1.54, 1.807) is 24.1 Å². The molecule has 2 nitrogen and oxygen atoms in total. The summed E-state index contributed by atoms with van der Waals surface area (Å²) in [6, 6.07) is 9.39. The van der Waals surface area contributed by atoms with Crippen molar-refractivity contribution in [1.82, 2.24) is 4.90 Å². The minimum Gasteiger partial charge on any atom is -0.337 e. The number of hydrogen-bond donors (Lipinski definition) is 0. The molecule has 0 aliphatic rings. The first-order valence-corrected chi connectivity index (χ1v) is 7.82. The predicted octanol–water partition coefficient (Wildman–Crippen LogP) is 5.19. The largest absolute Gasteiger partial charge is 0.337 e. The minimum absolute atomic E-state index is 0.000941. The summed E-state index contributed by atoms with van der Waals surface area (Å²) in [7, 11) is 1.78. The van der Waals surface area contributed by atoms with Crippen molar-refractivity contribution in [2.45, 2.75) is 27.3 Å². The lowest BCUT2D eigenvalue weighted by atomic mass is 9.98. The van der Waals surface area contributed by atoms with Crippen LogP contribution in [0.2, 0.25) is 10.0 Å². The number of hydrogen-bond acceptors (Lipinski definition) is 1. The molecule has 0 atom stereocenters. The van der Waals surface area contributed by atoms with Crippen molar-refractivity contribution in [3.05, 3.63) is 68.2 Å². The van der Waals surface area contributed by atoms with Crippen LogP contribution >= 0.6 is 23.2 Å². The molecule has 0 aliphatic heterocycles. The average Bonchev–Trinajstić information content (AvgIpc) is 2.40. The molecule has 0 fully saturated rings. The fraction of sp³-hybridized carbons (Fsp3) is 0.278. The molecule has 0 bridgehead atoms. The third-order valence-corrected chi connectivity index (χ3v) is 4.25. The second-order valence-corrected chi connectivity index (χ2v) is 6.51. The fourth-order valence-corrected chi connectivity index (χ4v) is 3.15. The van der Waals surface area contributed by atoms with Gasteiger partial charge in [-0.3, -0.25) is 4.79 Å². The van der Waals surface area contributed by atoms with Crippen LogP contribution in [-0.4, -0.2) is 17.9 Å². The van der Waals surface area contributed by atoms with E-state index in [0.717, 1.165) is 27.8 Å². The van der Waals surface area contributed by atoms with Crippen LogP contribution in [0.4, 0.5) is 0 Å². The van der Waals surface area contributed by atoms with Crippen LogP contribution in [0.25, 0.3) is 0 Å². The maximum atomic E-state index is 12.7. The first-order chi connectivity index (χ1) is 10.3. The van der Waals surface area contributed by atoms with Gasteiger partial charge in [-0.05, 0) is 49.6 Å². The molecule has 0 saturated heterocycles. The van der Waals surface area contributed by atoms with Crippen molar-refractivity contribution in [3.8, 4) is 0 Å². The number of carbonyl (C=O) groups is 1. The summed E-state index contributed by atoms with van der Waals surface area (Å²) in [5, 5.41) is 1.16. The molecule has 1 amide bonds. The zero-order valence-corrected chi connectivity index (χ0v) is 14.7. The first-order valence-electron chi connectivity index (χ1n) is 7.07. The van der Waals surface area contributed by atoms with Crippen molar-refractivity contribution >= 4 is 29.1 Å². The molecule has 22 heavy (non-hydrogen) atoms. The van der Waals surface area contributed by atoms with E-state index in [1.165, 1.54) is 0 Å². The lowest BCUT2D eigenvalue weighted by molar-refractivity contribution is 0.0783. The van der Waals surface area contributed by atoms with Gasteiger partial charge in [0.05, 0.1) is 0 Å². The van der Waals surface area contributed by atoms with Gasteiger partial charge in [-0.2, -0.15) is 0 Å². The third kappa shape index (κ3) is 3.63. The molecular formula is C18H19Cl2NO. The maximum absolute atomic E-state index is 12.7. The molecule has 0 aromatic heterocycles. The SMILES string of the molecule is Cc1cc(C)c(C(=O)N(C)Cc2ccc(Cl)cc2Cl)c(C)c1. The van der Waals surface area contributed by atoms with Gasteiger partial charge in [-0.15, -0.1) is 0 Å². The van der Waals surface area contributed by atoms with Crippen LogP contribution in [0.15, 0.2) is 30.3 Å². The molecule has 2 aromatic rings. The number of aryl methyl sites for hydroxylation is 3. The standard InChI is InChI=1S/C18H19Cl2NO/c1-11-7-12(2)17(13(3)8-11)18(22)21(4)10-14-5-6-15(19)9-16(14)20/h5-9H,10H2,1-4H3. The van der Waals surface area contributed by atoms with E-state index in [4.69, 9.17) is 23.2 Å². The van der Waals surface area contributed by atoms with E-state index in [2.05, 4.69) is 0 Å². The smallest absolute Gasteiger partial charge is 0.254 e. The van der Waals surface area contributed by atoms with Gasteiger partial charge in [0.25, 0.3) is 5.91 Å². The van der Waals surface area contributed by atoms with Crippen molar-refractivity contribution in [2.24, 2.45) is 0 Å². The molecule has 4 heteroatoms. The maximum Gasteiger partial charge on any atom is 0.254 e. The monoisotopic (exact) mass is 335 g/mol. The number of rotatable bonds is 3. The zero-order valence-electron chi connectivity index (χ0n) is 13.2. The van der Waals surface area contributed by atoms with Crippen molar-refractivity contribution in [1.29, 1.82) is 0 Å². The van der Waals surface area contributed by atoms with Gasteiger partial charge in [0, 0.05) is 29.2 Å². The highest BCUT2D eigenvalue weighted by Crippen LogP contribution is 2.24. The number of benzene rings is 2. The van der Waals surface area contributed by atoms with Crippen LogP contribution in [-0.2, 0) is 6.54 Å². The second kappa shape index (κ2) is 6.72. The van der Waals surface area contributed by atoms with Gasteiger partial charge in [0.1, 0.15) is 0 Å². The quantitative estimate of drug-likeness (QED) is 0.755.